The lowest BCUT2D eigenvalue weighted by molar-refractivity contribution is -0.140. The standard InChI is InChI=1S/C11H13NO3/c13-11(14)10-9(6-7-12-10)15-8-4-2-1-3-5-8/h1-5,9-10,12H,6-7H2,(H,13,14)/t9-,10-/m1/s1. The second-order valence-corrected chi connectivity index (χ2v) is 3.53. The SMILES string of the molecule is O=C(O)[C@@H]1NCC[C@H]1Oc1ccccc1. The molecule has 0 aliphatic carbocycles. The highest BCUT2D eigenvalue weighted by molar-refractivity contribution is 5.74. The number of ether oxygens (including phenoxy) is 1. The average molecular weight is 207 g/mol. The maximum Gasteiger partial charge on any atom is 0.324 e. The van der Waals surface area contributed by atoms with Gasteiger partial charge < -0.3 is 15.2 Å². The van der Waals surface area contributed by atoms with Crippen molar-refractivity contribution in [1.82, 2.24) is 5.32 Å². The number of para-hydroxylation sites is 1. The van der Waals surface area contributed by atoms with Crippen LogP contribution in [0.15, 0.2) is 30.3 Å². The van der Waals surface area contributed by atoms with E-state index < -0.39 is 12.0 Å². The third-order valence-corrected chi connectivity index (χ3v) is 2.46. The van der Waals surface area contributed by atoms with Gasteiger partial charge in [0, 0.05) is 0 Å². The summed E-state index contributed by atoms with van der Waals surface area (Å²) in [6.07, 6.45) is 0.455. The minimum atomic E-state index is -0.853. The highest BCUT2D eigenvalue weighted by Gasteiger charge is 2.34. The smallest absolute Gasteiger partial charge is 0.324 e. The fourth-order valence-electron chi connectivity index (χ4n) is 1.73. The summed E-state index contributed by atoms with van der Waals surface area (Å²) in [6, 6.07) is 8.70. The first-order valence-corrected chi connectivity index (χ1v) is 4.95. The molecule has 2 atom stereocenters. The highest BCUT2D eigenvalue weighted by atomic mass is 16.5. The zero-order valence-electron chi connectivity index (χ0n) is 8.22. The first kappa shape index (κ1) is 9.98. The first-order valence-electron chi connectivity index (χ1n) is 4.95. The Morgan fingerprint density at radius 3 is 2.80 bits per heavy atom. The van der Waals surface area contributed by atoms with E-state index in [0.717, 1.165) is 12.2 Å². The number of aliphatic carboxylic acids is 1. The van der Waals surface area contributed by atoms with Gasteiger partial charge in [0.15, 0.2) is 0 Å². The van der Waals surface area contributed by atoms with Crippen LogP contribution in [0.1, 0.15) is 6.42 Å². The molecule has 15 heavy (non-hydrogen) atoms. The molecule has 0 bridgehead atoms. The molecule has 1 aromatic rings. The quantitative estimate of drug-likeness (QED) is 0.772. The molecule has 1 fully saturated rings. The fraction of sp³-hybridized carbons (Fsp3) is 0.364. The van der Waals surface area contributed by atoms with Gasteiger partial charge in [0.1, 0.15) is 17.9 Å². The summed E-state index contributed by atoms with van der Waals surface area (Å²) >= 11 is 0. The van der Waals surface area contributed by atoms with E-state index in [4.69, 9.17) is 9.84 Å². The van der Waals surface area contributed by atoms with Crippen LogP contribution in [-0.2, 0) is 4.79 Å². The molecule has 0 spiro atoms. The van der Waals surface area contributed by atoms with Crippen LogP contribution in [0.2, 0.25) is 0 Å². The molecule has 0 radical (unpaired) electrons. The summed E-state index contributed by atoms with van der Waals surface area (Å²) < 4.78 is 5.61. The summed E-state index contributed by atoms with van der Waals surface area (Å²) in [6.45, 7) is 0.689. The Morgan fingerprint density at radius 1 is 1.40 bits per heavy atom. The molecule has 1 aliphatic rings. The minimum absolute atomic E-state index is 0.273. The molecule has 1 heterocycles. The Labute approximate surface area is 87.9 Å². The normalized spacial score (nSPS) is 25.1. The number of rotatable bonds is 3. The number of carbonyl (C=O) groups is 1. The van der Waals surface area contributed by atoms with Crippen molar-refractivity contribution in [3.63, 3.8) is 0 Å². The molecular formula is C11H13NO3. The van der Waals surface area contributed by atoms with Crippen LogP contribution in [0.4, 0.5) is 0 Å². The molecule has 1 aromatic carbocycles. The van der Waals surface area contributed by atoms with Gasteiger partial charge in [0.2, 0.25) is 0 Å². The van der Waals surface area contributed by atoms with Crippen molar-refractivity contribution in [1.29, 1.82) is 0 Å². The van der Waals surface area contributed by atoms with E-state index in [0.29, 0.717) is 6.54 Å². The first-order chi connectivity index (χ1) is 7.27. The zero-order chi connectivity index (χ0) is 10.7. The summed E-state index contributed by atoms with van der Waals surface area (Å²) in [4.78, 5) is 10.9. The van der Waals surface area contributed by atoms with Crippen molar-refractivity contribution in [2.45, 2.75) is 18.6 Å². The summed E-state index contributed by atoms with van der Waals surface area (Å²) in [7, 11) is 0. The van der Waals surface area contributed by atoms with Gasteiger partial charge in [0.05, 0.1) is 0 Å². The van der Waals surface area contributed by atoms with Crippen molar-refractivity contribution < 1.29 is 14.6 Å². The van der Waals surface area contributed by atoms with Gasteiger partial charge in [-0.3, -0.25) is 4.79 Å². The maximum atomic E-state index is 10.9. The lowest BCUT2D eigenvalue weighted by atomic mass is 10.2. The number of benzene rings is 1. The molecule has 2 rings (SSSR count). The van der Waals surface area contributed by atoms with Gasteiger partial charge in [-0.1, -0.05) is 18.2 Å². The van der Waals surface area contributed by atoms with Crippen LogP contribution in [0.3, 0.4) is 0 Å². The number of hydrogen-bond donors (Lipinski definition) is 2. The fourth-order valence-corrected chi connectivity index (χ4v) is 1.73. The second-order valence-electron chi connectivity index (χ2n) is 3.53. The van der Waals surface area contributed by atoms with E-state index in [1.807, 2.05) is 30.3 Å². The van der Waals surface area contributed by atoms with Gasteiger partial charge in [-0.05, 0) is 25.1 Å². The average Bonchev–Trinajstić information content (AvgIpc) is 2.67. The molecular weight excluding hydrogens is 194 g/mol. The highest BCUT2D eigenvalue weighted by Crippen LogP contribution is 2.17. The molecule has 0 saturated carbocycles. The largest absolute Gasteiger partial charge is 0.488 e. The minimum Gasteiger partial charge on any atom is -0.488 e. The van der Waals surface area contributed by atoms with Crippen LogP contribution in [0.5, 0.6) is 5.75 Å². The van der Waals surface area contributed by atoms with E-state index in [2.05, 4.69) is 5.32 Å². The Kier molecular flexibility index (Phi) is 2.87. The van der Waals surface area contributed by atoms with Crippen LogP contribution < -0.4 is 10.1 Å². The molecule has 80 valence electrons. The molecule has 1 aliphatic heterocycles. The molecule has 0 aromatic heterocycles. The summed E-state index contributed by atoms with van der Waals surface area (Å²) in [5.41, 5.74) is 0. The van der Waals surface area contributed by atoms with Crippen LogP contribution in [0.25, 0.3) is 0 Å². The predicted molar refractivity (Wildman–Crippen MR) is 54.9 cm³/mol. The second kappa shape index (κ2) is 4.31. The van der Waals surface area contributed by atoms with Gasteiger partial charge in [-0.25, -0.2) is 0 Å². The molecule has 1 saturated heterocycles. The Morgan fingerprint density at radius 2 is 2.13 bits per heavy atom. The van der Waals surface area contributed by atoms with Crippen LogP contribution >= 0.6 is 0 Å². The predicted octanol–water partition coefficient (Wildman–Crippen LogP) is 0.880. The lowest BCUT2D eigenvalue weighted by Crippen LogP contribution is -2.41. The van der Waals surface area contributed by atoms with E-state index in [1.54, 1.807) is 0 Å². The van der Waals surface area contributed by atoms with Crippen molar-refractivity contribution in [3.8, 4) is 5.75 Å². The number of carboxylic acid groups (broad SMARTS) is 1. The summed E-state index contributed by atoms with van der Waals surface area (Å²) in [5.74, 6) is -0.133. The number of carboxylic acids is 1. The molecule has 4 heteroatoms. The third-order valence-electron chi connectivity index (χ3n) is 2.46. The summed E-state index contributed by atoms with van der Waals surface area (Å²) in [5, 5.41) is 11.8. The molecule has 4 nitrogen and oxygen atoms in total. The van der Waals surface area contributed by atoms with Crippen molar-refractivity contribution in [2.75, 3.05) is 6.54 Å². The Hall–Kier alpha value is -1.55. The van der Waals surface area contributed by atoms with Crippen LogP contribution in [0, 0.1) is 0 Å². The number of hydrogen-bond acceptors (Lipinski definition) is 3. The van der Waals surface area contributed by atoms with E-state index in [1.165, 1.54) is 0 Å². The Balaban J connectivity index is 2.03. The molecule has 2 N–H and O–H groups in total. The monoisotopic (exact) mass is 207 g/mol. The van der Waals surface area contributed by atoms with Gasteiger partial charge >= 0.3 is 5.97 Å². The van der Waals surface area contributed by atoms with E-state index in [9.17, 15) is 4.79 Å². The Bertz CT molecular complexity index is 339. The zero-order valence-corrected chi connectivity index (χ0v) is 8.22. The van der Waals surface area contributed by atoms with Crippen molar-refractivity contribution in [2.24, 2.45) is 0 Å². The van der Waals surface area contributed by atoms with Crippen LogP contribution in [-0.4, -0.2) is 29.8 Å². The van der Waals surface area contributed by atoms with Gasteiger partial charge in [-0.15, -0.1) is 0 Å². The number of nitrogens with one attached hydrogen (secondary N) is 1. The van der Waals surface area contributed by atoms with Crippen molar-refractivity contribution >= 4 is 5.97 Å². The van der Waals surface area contributed by atoms with Crippen molar-refractivity contribution in [3.05, 3.63) is 30.3 Å². The molecule has 0 amide bonds. The van der Waals surface area contributed by atoms with Gasteiger partial charge in [-0.2, -0.15) is 0 Å². The van der Waals surface area contributed by atoms with E-state index >= 15 is 0 Å². The lowest BCUT2D eigenvalue weighted by Gasteiger charge is -2.17. The molecule has 0 unspecified atom stereocenters. The topological polar surface area (TPSA) is 58.6 Å². The maximum absolute atomic E-state index is 10.9. The third kappa shape index (κ3) is 2.27. The van der Waals surface area contributed by atoms with E-state index in [-0.39, 0.29) is 6.10 Å². The van der Waals surface area contributed by atoms with Gasteiger partial charge in [0.25, 0.3) is 0 Å².